The van der Waals surface area contributed by atoms with Crippen LogP contribution in [0.2, 0.25) is 0 Å². The molecule has 6 heteroatoms. The van der Waals surface area contributed by atoms with Gasteiger partial charge < -0.3 is 14.5 Å². The Hall–Kier alpha value is -2.34. The maximum absolute atomic E-state index is 13.0. The lowest BCUT2D eigenvalue weighted by molar-refractivity contribution is -0.134. The molecular formula is C26H39N3O3. The first-order valence-corrected chi connectivity index (χ1v) is 11.9. The van der Waals surface area contributed by atoms with Crippen LogP contribution in [0.3, 0.4) is 0 Å². The number of methoxy groups -OCH3 is 1. The van der Waals surface area contributed by atoms with Gasteiger partial charge in [-0.2, -0.15) is 0 Å². The molecule has 0 radical (unpaired) electrons. The number of carbonyl (C=O) groups excluding carboxylic acids is 2. The first-order chi connectivity index (χ1) is 15.3. The van der Waals surface area contributed by atoms with Crippen LogP contribution in [0.25, 0.3) is 6.08 Å². The van der Waals surface area contributed by atoms with Crippen molar-refractivity contribution in [3.05, 3.63) is 35.9 Å². The summed E-state index contributed by atoms with van der Waals surface area (Å²) in [7, 11) is 1.67. The molecule has 1 aliphatic carbocycles. The van der Waals surface area contributed by atoms with Crippen LogP contribution in [0.4, 0.5) is 0 Å². The fourth-order valence-electron chi connectivity index (χ4n) is 4.04. The smallest absolute Gasteiger partial charge is 0.225 e. The van der Waals surface area contributed by atoms with Crippen molar-refractivity contribution in [3.8, 4) is 5.75 Å². The number of ether oxygens (including phenoxy) is 1. The van der Waals surface area contributed by atoms with Crippen molar-refractivity contribution in [1.29, 1.82) is 0 Å². The van der Waals surface area contributed by atoms with Gasteiger partial charge in [-0.25, -0.2) is 0 Å². The summed E-state index contributed by atoms with van der Waals surface area (Å²) in [4.78, 5) is 31.6. The lowest BCUT2D eigenvalue weighted by Gasteiger charge is -2.36. The number of hydrogen-bond acceptors (Lipinski definition) is 4. The lowest BCUT2D eigenvalue weighted by Crippen LogP contribution is -2.51. The number of carbonyl (C=O) groups is 2. The molecule has 0 aromatic heterocycles. The Labute approximate surface area is 193 Å². The summed E-state index contributed by atoms with van der Waals surface area (Å²) in [5.41, 5.74) is 0.964. The zero-order valence-corrected chi connectivity index (χ0v) is 20.2. The predicted octanol–water partition coefficient (Wildman–Crippen LogP) is 3.53. The molecule has 0 unspecified atom stereocenters. The van der Waals surface area contributed by atoms with Gasteiger partial charge in [-0.1, -0.05) is 51.1 Å². The van der Waals surface area contributed by atoms with Crippen molar-refractivity contribution in [1.82, 2.24) is 14.7 Å². The van der Waals surface area contributed by atoms with E-state index in [1.165, 1.54) is 0 Å². The van der Waals surface area contributed by atoms with E-state index in [2.05, 4.69) is 25.7 Å². The van der Waals surface area contributed by atoms with Crippen LogP contribution in [-0.2, 0) is 9.59 Å². The molecule has 2 fully saturated rings. The van der Waals surface area contributed by atoms with Crippen molar-refractivity contribution < 1.29 is 14.3 Å². The second-order valence-corrected chi connectivity index (χ2v) is 10.2. The second kappa shape index (κ2) is 11.0. The van der Waals surface area contributed by atoms with E-state index in [-0.39, 0.29) is 11.3 Å². The number of para-hydroxylation sites is 1. The molecule has 0 atom stereocenters. The van der Waals surface area contributed by atoms with Gasteiger partial charge in [0.15, 0.2) is 0 Å². The van der Waals surface area contributed by atoms with E-state index in [1.54, 1.807) is 7.11 Å². The van der Waals surface area contributed by atoms with Crippen molar-refractivity contribution in [3.63, 3.8) is 0 Å². The zero-order chi connectivity index (χ0) is 23.1. The molecule has 1 aromatic carbocycles. The molecule has 1 aromatic rings. The highest BCUT2D eigenvalue weighted by molar-refractivity contribution is 5.81. The lowest BCUT2D eigenvalue weighted by atomic mass is 9.91. The van der Waals surface area contributed by atoms with Crippen molar-refractivity contribution in [2.45, 2.75) is 40.0 Å². The summed E-state index contributed by atoms with van der Waals surface area (Å²) >= 11 is 0. The average molecular weight is 442 g/mol. The normalized spacial score (nSPS) is 17.6. The quantitative estimate of drug-likeness (QED) is 0.588. The van der Waals surface area contributed by atoms with E-state index in [0.717, 1.165) is 56.9 Å². The monoisotopic (exact) mass is 441 g/mol. The molecule has 0 N–H and O–H groups in total. The van der Waals surface area contributed by atoms with Gasteiger partial charge in [0.05, 0.1) is 7.11 Å². The zero-order valence-electron chi connectivity index (χ0n) is 20.2. The molecule has 1 aliphatic heterocycles. The highest BCUT2D eigenvalue weighted by atomic mass is 16.5. The van der Waals surface area contributed by atoms with E-state index in [4.69, 9.17) is 4.74 Å². The van der Waals surface area contributed by atoms with Gasteiger partial charge in [-0.15, -0.1) is 0 Å². The predicted molar refractivity (Wildman–Crippen MR) is 128 cm³/mol. The Bertz CT molecular complexity index is 803. The number of amides is 2. The first kappa shape index (κ1) is 24.3. The SMILES string of the molecule is COc1ccccc1/C=C/CN(CCN1CCN(C(=O)C2CC2)CC1)C(=O)CC(C)(C)C. The Morgan fingerprint density at radius 3 is 2.44 bits per heavy atom. The van der Waals surface area contributed by atoms with Crippen LogP contribution in [-0.4, -0.2) is 79.4 Å². The summed E-state index contributed by atoms with van der Waals surface area (Å²) in [6, 6.07) is 7.89. The second-order valence-electron chi connectivity index (χ2n) is 10.2. The standard InChI is InChI=1S/C26H39N3O3/c1-26(2,3)20-24(30)28(13-7-9-21-8-5-6-10-23(21)32-4)17-14-27-15-18-29(19-16-27)25(31)22-11-12-22/h5-10,22H,11-20H2,1-4H3/b9-7+. The molecule has 3 rings (SSSR count). The molecule has 1 saturated heterocycles. The molecule has 176 valence electrons. The molecule has 1 heterocycles. The summed E-state index contributed by atoms with van der Waals surface area (Å²) in [6.07, 6.45) is 6.72. The summed E-state index contributed by atoms with van der Waals surface area (Å²) in [5, 5.41) is 0. The molecule has 0 spiro atoms. The van der Waals surface area contributed by atoms with E-state index in [1.807, 2.05) is 46.2 Å². The number of hydrogen-bond donors (Lipinski definition) is 0. The Balaban J connectivity index is 1.54. The third-order valence-corrected chi connectivity index (χ3v) is 6.09. The van der Waals surface area contributed by atoms with Gasteiger partial charge in [-0.3, -0.25) is 14.5 Å². The van der Waals surface area contributed by atoms with Gasteiger partial charge in [0.25, 0.3) is 0 Å². The van der Waals surface area contributed by atoms with Gasteiger partial charge >= 0.3 is 0 Å². The Kier molecular flexibility index (Phi) is 8.35. The largest absolute Gasteiger partial charge is 0.496 e. The highest BCUT2D eigenvalue weighted by Gasteiger charge is 2.34. The number of piperazine rings is 1. The summed E-state index contributed by atoms with van der Waals surface area (Å²) < 4.78 is 5.42. The van der Waals surface area contributed by atoms with Crippen molar-refractivity contribution in [2.24, 2.45) is 11.3 Å². The van der Waals surface area contributed by atoms with Gasteiger partial charge in [-0.05, 0) is 24.3 Å². The van der Waals surface area contributed by atoms with E-state index < -0.39 is 0 Å². The molecule has 2 aliphatic rings. The van der Waals surface area contributed by atoms with Crippen molar-refractivity contribution >= 4 is 17.9 Å². The van der Waals surface area contributed by atoms with Gasteiger partial charge in [0.1, 0.15) is 5.75 Å². The maximum atomic E-state index is 13.0. The minimum Gasteiger partial charge on any atom is -0.496 e. The fourth-order valence-corrected chi connectivity index (χ4v) is 4.04. The Morgan fingerprint density at radius 1 is 1.12 bits per heavy atom. The molecule has 2 amide bonds. The maximum Gasteiger partial charge on any atom is 0.225 e. The summed E-state index contributed by atoms with van der Waals surface area (Å²) in [5.74, 6) is 1.65. The van der Waals surface area contributed by atoms with Crippen LogP contribution >= 0.6 is 0 Å². The van der Waals surface area contributed by atoms with Gasteiger partial charge in [0.2, 0.25) is 11.8 Å². The highest BCUT2D eigenvalue weighted by Crippen LogP contribution is 2.31. The molecule has 1 saturated carbocycles. The van der Waals surface area contributed by atoms with Crippen LogP contribution in [0.15, 0.2) is 30.3 Å². The van der Waals surface area contributed by atoms with Crippen LogP contribution < -0.4 is 4.74 Å². The molecule has 0 bridgehead atoms. The minimum absolute atomic E-state index is 0.0451. The van der Waals surface area contributed by atoms with E-state index >= 15 is 0 Å². The van der Waals surface area contributed by atoms with Gasteiger partial charge in [0, 0.05) is 63.7 Å². The van der Waals surface area contributed by atoms with E-state index in [9.17, 15) is 9.59 Å². The molecular weight excluding hydrogens is 402 g/mol. The third-order valence-electron chi connectivity index (χ3n) is 6.09. The summed E-state index contributed by atoms with van der Waals surface area (Å²) in [6.45, 7) is 11.8. The topological polar surface area (TPSA) is 53.1 Å². The first-order valence-electron chi connectivity index (χ1n) is 11.9. The fraction of sp³-hybridized carbons (Fsp3) is 0.615. The van der Waals surface area contributed by atoms with Crippen LogP contribution in [0.5, 0.6) is 5.75 Å². The van der Waals surface area contributed by atoms with Crippen LogP contribution in [0, 0.1) is 11.3 Å². The number of benzene rings is 1. The average Bonchev–Trinajstić information content (AvgIpc) is 3.60. The molecule has 32 heavy (non-hydrogen) atoms. The number of nitrogens with zero attached hydrogens (tertiary/aromatic N) is 3. The third kappa shape index (κ3) is 7.37. The molecule has 6 nitrogen and oxygen atoms in total. The van der Waals surface area contributed by atoms with Crippen molar-refractivity contribution in [2.75, 3.05) is 52.9 Å². The van der Waals surface area contributed by atoms with E-state index in [0.29, 0.717) is 31.3 Å². The Morgan fingerprint density at radius 2 is 1.81 bits per heavy atom. The van der Waals surface area contributed by atoms with Crippen LogP contribution in [0.1, 0.15) is 45.6 Å². The number of rotatable bonds is 9. The minimum atomic E-state index is -0.0451.